The van der Waals surface area contributed by atoms with Crippen molar-refractivity contribution in [2.24, 2.45) is 0 Å². The van der Waals surface area contributed by atoms with Crippen molar-refractivity contribution >= 4 is 31.1 Å². The Balaban J connectivity index is 2.16. The van der Waals surface area contributed by atoms with Gasteiger partial charge >= 0.3 is 0 Å². The van der Waals surface area contributed by atoms with Crippen LogP contribution in [0.1, 0.15) is 36.1 Å². The second-order valence-corrected chi connectivity index (χ2v) is 11.9. The summed E-state index contributed by atoms with van der Waals surface area (Å²) in [4.78, 5) is 0.253. The maximum atomic E-state index is 13.8. The van der Waals surface area contributed by atoms with Gasteiger partial charge in [-0.2, -0.15) is 0 Å². The molecule has 0 radical (unpaired) electrons. The molecule has 0 aromatic heterocycles. The third kappa shape index (κ3) is 3.76. The van der Waals surface area contributed by atoms with Crippen molar-refractivity contribution in [2.75, 3.05) is 4.31 Å². The molecule has 32 heavy (non-hydrogen) atoms. The summed E-state index contributed by atoms with van der Waals surface area (Å²) in [5.41, 5.74) is 3.53. The van der Waals surface area contributed by atoms with Gasteiger partial charge in [0.1, 0.15) is 0 Å². The predicted molar refractivity (Wildman–Crippen MR) is 128 cm³/mol. The van der Waals surface area contributed by atoms with Crippen molar-refractivity contribution in [3.63, 3.8) is 0 Å². The topological polar surface area (TPSA) is 71.5 Å². The lowest BCUT2D eigenvalue weighted by atomic mass is 9.95. The number of sulfonamides is 1. The van der Waals surface area contributed by atoms with E-state index < -0.39 is 19.9 Å². The van der Waals surface area contributed by atoms with Crippen molar-refractivity contribution in [2.45, 2.75) is 43.5 Å². The Morgan fingerprint density at radius 2 is 1.47 bits per heavy atom. The van der Waals surface area contributed by atoms with Gasteiger partial charge in [-0.25, -0.2) is 16.8 Å². The molecule has 0 fully saturated rings. The Morgan fingerprint density at radius 1 is 0.844 bits per heavy atom. The minimum absolute atomic E-state index is 0.0974. The van der Waals surface area contributed by atoms with Crippen molar-refractivity contribution in [1.82, 2.24) is 0 Å². The number of benzene rings is 3. The minimum atomic E-state index is -3.92. The molecular weight excluding hydrogens is 442 g/mol. The minimum Gasteiger partial charge on any atom is -0.263 e. The third-order valence-corrected chi connectivity index (χ3v) is 8.98. The van der Waals surface area contributed by atoms with E-state index in [1.165, 1.54) is 21.8 Å². The number of fused-ring (bicyclic) bond motifs is 2. The van der Waals surface area contributed by atoms with E-state index in [2.05, 4.69) is 0 Å². The standard InChI is InChI=1S/C25H25NO4S2/c1-17(2)26-24-15-19(4)10-12-21(24)23(16-31(27,28)20-8-6-5-7-9-20)22-14-18(3)11-13-25(22)32(26,29)30/h5-17H,1-4H3/b23-16+. The summed E-state index contributed by atoms with van der Waals surface area (Å²) in [6.07, 6.45) is 0. The molecule has 4 rings (SSSR count). The van der Waals surface area contributed by atoms with Crippen LogP contribution < -0.4 is 4.31 Å². The fraction of sp³-hybridized carbons (Fsp3) is 0.200. The Labute approximate surface area is 190 Å². The number of sulfone groups is 1. The molecule has 0 amide bonds. The molecule has 0 spiro atoms. The van der Waals surface area contributed by atoms with Crippen LogP contribution in [0.4, 0.5) is 5.69 Å². The lowest BCUT2D eigenvalue weighted by Crippen LogP contribution is -2.37. The van der Waals surface area contributed by atoms with Crippen LogP contribution in [-0.4, -0.2) is 22.9 Å². The molecule has 0 unspecified atom stereocenters. The summed E-state index contributed by atoms with van der Waals surface area (Å²) in [6.45, 7) is 7.37. The molecular formula is C25H25NO4S2. The van der Waals surface area contributed by atoms with Crippen molar-refractivity contribution in [3.8, 4) is 0 Å². The fourth-order valence-corrected chi connectivity index (χ4v) is 7.13. The molecule has 7 heteroatoms. The van der Waals surface area contributed by atoms with Gasteiger partial charge in [-0.3, -0.25) is 4.31 Å². The molecule has 1 aliphatic rings. The molecule has 0 saturated heterocycles. The number of anilines is 1. The molecule has 1 heterocycles. The molecule has 1 aliphatic heterocycles. The summed E-state index contributed by atoms with van der Waals surface area (Å²) in [5, 5.41) is 1.20. The monoisotopic (exact) mass is 467 g/mol. The zero-order valence-electron chi connectivity index (χ0n) is 18.4. The van der Waals surface area contributed by atoms with Crippen molar-refractivity contribution in [3.05, 3.63) is 94.4 Å². The second-order valence-electron chi connectivity index (χ2n) is 8.30. The molecule has 0 aliphatic carbocycles. The number of hydrogen-bond donors (Lipinski definition) is 0. The van der Waals surface area contributed by atoms with E-state index in [9.17, 15) is 16.8 Å². The second kappa shape index (κ2) is 7.90. The lowest BCUT2D eigenvalue weighted by Gasteiger charge is -2.28. The zero-order chi connectivity index (χ0) is 23.3. The van der Waals surface area contributed by atoms with Gasteiger partial charge in [0.2, 0.25) is 0 Å². The molecule has 5 nitrogen and oxygen atoms in total. The number of aryl methyl sites for hydroxylation is 2. The summed E-state index contributed by atoms with van der Waals surface area (Å²) in [7, 11) is -7.76. The number of rotatable bonds is 3. The van der Waals surface area contributed by atoms with Gasteiger partial charge in [0.25, 0.3) is 10.0 Å². The maximum absolute atomic E-state index is 13.8. The van der Waals surface area contributed by atoms with Crippen molar-refractivity contribution in [1.29, 1.82) is 0 Å². The first-order chi connectivity index (χ1) is 15.0. The Kier molecular flexibility index (Phi) is 5.51. The highest BCUT2D eigenvalue weighted by Crippen LogP contribution is 2.43. The highest BCUT2D eigenvalue weighted by Gasteiger charge is 2.36. The predicted octanol–water partition coefficient (Wildman–Crippen LogP) is 5.08. The van der Waals surface area contributed by atoms with Crippen LogP contribution in [0.25, 0.3) is 5.57 Å². The molecule has 3 aromatic rings. The van der Waals surface area contributed by atoms with Gasteiger partial charge in [-0.15, -0.1) is 0 Å². The third-order valence-electron chi connectivity index (χ3n) is 5.46. The van der Waals surface area contributed by atoms with Gasteiger partial charge < -0.3 is 0 Å². The van der Waals surface area contributed by atoms with E-state index in [1.807, 2.05) is 33.8 Å². The normalized spacial score (nSPS) is 16.5. The zero-order valence-corrected chi connectivity index (χ0v) is 20.0. The first kappa shape index (κ1) is 22.3. The number of nitrogens with zero attached hydrogens (tertiary/aromatic N) is 1. The Bertz CT molecular complexity index is 1440. The van der Waals surface area contributed by atoms with E-state index in [1.54, 1.807) is 48.5 Å². The van der Waals surface area contributed by atoms with Crippen molar-refractivity contribution < 1.29 is 16.8 Å². The fourth-order valence-electron chi connectivity index (χ4n) is 4.03. The summed E-state index contributed by atoms with van der Waals surface area (Å²) in [5.74, 6) is 0. The average molecular weight is 468 g/mol. The first-order valence-corrected chi connectivity index (χ1v) is 13.3. The number of hydrogen-bond acceptors (Lipinski definition) is 4. The van der Waals surface area contributed by atoms with Crippen LogP contribution >= 0.6 is 0 Å². The van der Waals surface area contributed by atoms with E-state index in [-0.39, 0.29) is 15.8 Å². The molecule has 0 bridgehead atoms. The van der Waals surface area contributed by atoms with Gasteiger partial charge in [0.15, 0.2) is 9.84 Å². The summed E-state index contributed by atoms with van der Waals surface area (Å²) < 4.78 is 55.6. The average Bonchev–Trinajstić information content (AvgIpc) is 2.79. The van der Waals surface area contributed by atoms with Crippen LogP contribution in [0.3, 0.4) is 0 Å². The highest BCUT2D eigenvalue weighted by atomic mass is 32.2. The van der Waals surface area contributed by atoms with Crippen LogP contribution in [0.2, 0.25) is 0 Å². The van der Waals surface area contributed by atoms with Crippen LogP contribution in [0.5, 0.6) is 0 Å². The van der Waals surface area contributed by atoms with E-state index >= 15 is 0 Å². The molecule has 166 valence electrons. The Hall–Kier alpha value is -2.90. The molecule has 0 atom stereocenters. The lowest BCUT2D eigenvalue weighted by molar-refractivity contribution is 0.584. The molecule has 0 saturated carbocycles. The molecule has 0 N–H and O–H groups in total. The van der Waals surface area contributed by atoms with Crippen LogP contribution in [0.15, 0.2) is 81.9 Å². The van der Waals surface area contributed by atoms with Gasteiger partial charge in [0, 0.05) is 28.1 Å². The highest BCUT2D eigenvalue weighted by molar-refractivity contribution is 7.94. The van der Waals surface area contributed by atoms with Crippen LogP contribution in [-0.2, 0) is 19.9 Å². The quantitative estimate of drug-likeness (QED) is 0.538. The van der Waals surface area contributed by atoms with Gasteiger partial charge in [0.05, 0.1) is 15.5 Å². The van der Waals surface area contributed by atoms with Crippen LogP contribution in [0, 0.1) is 13.8 Å². The Morgan fingerprint density at radius 3 is 2.12 bits per heavy atom. The van der Waals surface area contributed by atoms with E-state index in [4.69, 9.17) is 0 Å². The largest absolute Gasteiger partial charge is 0.265 e. The van der Waals surface area contributed by atoms with E-state index in [0.29, 0.717) is 22.4 Å². The molecule has 3 aromatic carbocycles. The summed E-state index contributed by atoms with van der Waals surface area (Å²) >= 11 is 0. The smallest absolute Gasteiger partial charge is 0.263 e. The SMILES string of the molecule is Cc1ccc2c(c1)/C(=C/S(=O)(=O)c1ccccc1)c1ccc(C)cc1N(C(C)C)S2(=O)=O. The maximum Gasteiger partial charge on any atom is 0.265 e. The summed E-state index contributed by atoms with van der Waals surface area (Å²) in [6, 6.07) is 18.3. The first-order valence-electron chi connectivity index (χ1n) is 10.3. The van der Waals surface area contributed by atoms with E-state index in [0.717, 1.165) is 11.1 Å². The van der Waals surface area contributed by atoms with Gasteiger partial charge in [-0.05, 0) is 57.5 Å². The van der Waals surface area contributed by atoms with Gasteiger partial charge in [-0.1, -0.05) is 48.0 Å².